The molecule has 104 valence electrons. The SMILES string of the molecule is CCCC(CN)NC(=O)c1cc(Br)cc([N+](=O)[O-])c1. The first-order valence-corrected chi connectivity index (χ1v) is 6.73. The van der Waals surface area contributed by atoms with Gasteiger partial charge >= 0.3 is 0 Å². The molecule has 0 spiro atoms. The minimum Gasteiger partial charge on any atom is -0.348 e. The number of nitrogens with zero attached hydrogens (tertiary/aromatic N) is 1. The molecule has 1 aromatic carbocycles. The fraction of sp³-hybridized carbons (Fsp3) is 0.417. The number of nitro groups is 1. The van der Waals surface area contributed by atoms with Crippen molar-refractivity contribution >= 4 is 27.5 Å². The van der Waals surface area contributed by atoms with Crippen LogP contribution in [0.15, 0.2) is 22.7 Å². The first kappa shape index (κ1) is 15.6. The molecule has 1 aromatic rings. The van der Waals surface area contributed by atoms with E-state index in [2.05, 4.69) is 21.2 Å². The van der Waals surface area contributed by atoms with E-state index < -0.39 is 4.92 Å². The zero-order valence-corrected chi connectivity index (χ0v) is 12.1. The topological polar surface area (TPSA) is 98.3 Å². The normalized spacial score (nSPS) is 11.9. The van der Waals surface area contributed by atoms with E-state index >= 15 is 0 Å². The van der Waals surface area contributed by atoms with Gasteiger partial charge in [-0.3, -0.25) is 14.9 Å². The quantitative estimate of drug-likeness (QED) is 0.617. The van der Waals surface area contributed by atoms with Crippen LogP contribution >= 0.6 is 15.9 Å². The molecule has 0 heterocycles. The van der Waals surface area contributed by atoms with Crippen molar-refractivity contribution in [2.45, 2.75) is 25.8 Å². The predicted molar refractivity (Wildman–Crippen MR) is 76.0 cm³/mol. The van der Waals surface area contributed by atoms with Crippen LogP contribution in [0, 0.1) is 10.1 Å². The predicted octanol–water partition coefficient (Wildman–Crippen LogP) is 2.21. The molecule has 0 saturated carbocycles. The summed E-state index contributed by atoms with van der Waals surface area (Å²) in [6.45, 7) is 2.34. The van der Waals surface area contributed by atoms with Gasteiger partial charge in [0.25, 0.3) is 11.6 Å². The van der Waals surface area contributed by atoms with Crippen LogP contribution in [0.25, 0.3) is 0 Å². The molecule has 1 rings (SSSR count). The highest BCUT2D eigenvalue weighted by Gasteiger charge is 2.16. The molecule has 1 unspecified atom stereocenters. The van der Waals surface area contributed by atoms with E-state index in [1.165, 1.54) is 12.1 Å². The van der Waals surface area contributed by atoms with Gasteiger partial charge in [-0.15, -0.1) is 0 Å². The molecule has 7 heteroatoms. The summed E-state index contributed by atoms with van der Waals surface area (Å²) in [4.78, 5) is 22.2. The van der Waals surface area contributed by atoms with Crippen LogP contribution in [0.5, 0.6) is 0 Å². The van der Waals surface area contributed by atoms with E-state index in [1.54, 1.807) is 6.07 Å². The highest BCUT2D eigenvalue weighted by Crippen LogP contribution is 2.21. The summed E-state index contributed by atoms with van der Waals surface area (Å²) in [7, 11) is 0. The lowest BCUT2D eigenvalue weighted by Crippen LogP contribution is -2.40. The molecule has 0 fully saturated rings. The van der Waals surface area contributed by atoms with Crippen LogP contribution in [0.3, 0.4) is 0 Å². The van der Waals surface area contributed by atoms with Gasteiger partial charge in [0.1, 0.15) is 0 Å². The molecule has 0 radical (unpaired) electrons. The number of hydrogen-bond acceptors (Lipinski definition) is 4. The summed E-state index contributed by atoms with van der Waals surface area (Å²) < 4.78 is 0.492. The molecule has 0 aromatic heterocycles. The second-order valence-corrected chi connectivity index (χ2v) is 5.07. The number of rotatable bonds is 6. The first-order chi connectivity index (χ1) is 8.97. The largest absolute Gasteiger partial charge is 0.348 e. The molecule has 0 saturated heterocycles. The zero-order valence-electron chi connectivity index (χ0n) is 10.6. The Morgan fingerprint density at radius 1 is 1.53 bits per heavy atom. The smallest absolute Gasteiger partial charge is 0.271 e. The van der Waals surface area contributed by atoms with Crippen LogP contribution in [0.2, 0.25) is 0 Å². The van der Waals surface area contributed by atoms with Crippen molar-refractivity contribution in [1.29, 1.82) is 0 Å². The van der Waals surface area contributed by atoms with Gasteiger partial charge in [0.15, 0.2) is 0 Å². The summed E-state index contributed by atoms with van der Waals surface area (Å²) in [5, 5.41) is 13.5. The summed E-state index contributed by atoms with van der Waals surface area (Å²) in [6, 6.07) is 4.03. The number of nitrogens with two attached hydrogens (primary N) is 1. The van der Waals surface area contributed by atoms with Crippen LogP contribution in [-0.2, 0) is 0 Å². The van der Waals surface area contributed by atoms with Gasteiger partial charge < -0.3 is 11.1 Å². The minimum atomic E-state index is -0.534. The number of hydrogen-bond donors (Lipinski definition) is 2. The highest BCUT2D eigenvalue weighted by atomic mass is 79.9. The van der Waals surface area contributed by atoms with Gasteiger partial charge in [-0.25, -0.2) is 0 Å². The Kier molecular flexibility index (Phi) is 5.91. The van der Waals surface area contributed by atoms with Crippen LogP contribution in [0.4, 0.5) is 5.69 Å². The lowest BCUT2D eigenvalue weighted by atomic mass is 10.1. The maximum absolute atomic E-state index is 12.0. The van der Waals surface area contributed by atoms with Gasteiger partial charge in [-0.2, -0.15) is 0 Å². The number of benzene rings is 1. The highest BCUT2D eigenvalue weighted by molar-refractivity contribution is 9.10. The van der Waals surface area contributed by atoms with Crippen molar-refractivity contribution in [1.82, 2.24) is 5.32 Å². The van der Waals surface area contributed by atoms with Gasteiger partial charge in [-0.1, -0.05) is 29.3 Å². The second kappa shape index (κ2) is 7.20. The molecule has 0 aliphatic heterocycles. The fourth-order valence-corrected chi connectivity index (χ4v) is 2.16. The third-order valence-corrected chi connectivity index (χ3v) is 3.07. The number of carbonyl (C=O) groups excluding carboxylic acids is 1. The van der Waals surface area contributed by atoms with Gasteiger partial charge in [-0.05, 0) is 12.5 Å². The third kappa shape index (κ3) is 4.60. The summed E-state index contributed by atoms with van der Waals surface area (Å²) in [6.07, 6.45) is 1.68. The van der Waals surface area contributed by atoms with E-state index in [9.17, 15) is 14.9 Å². The molecular weight excluding hydrogens is 314 g/mol. The third-order valence-electron chi connectivity index (χ3n) is 2.61. The van der Waals surface area contributed by atoms with E-state index in [-0.39, 0.29) is 23.2 Å². The Morgan fingerprint density at radius 3 is 2.74 bits per heavy atom. The molecule has 1 atom stereocenters. The van der Waals surface area contributed by atoms with Crippen molar-refractivity contribution in [2.24, 2.45) is 5.73 Å². The fourth-order valence-electron chi connectivity index (χ4n) is 1.68. The standard InChI is InChI=1S/C12H16BrN3O3/c1-2-3-10(7-14)15-12(17)8-4-9(13)6-11(5-8)16(18)19/h4-6,10H,2-3,7,14H2,1H3,(H,15,17). The molecular formula is C12H16BrN3O3. The van der Waals surface area contributed by atoms with Crippen LogP contribution in [-0.4, -0.2) is 23.4 Å². The van der Waals surface area contributed by atoms with Crippen molar-refractivity contribution in [3.05, 3.63) is 38.3 Å². The molecule has 0 bridgehead atoms. The average Bonchev–Trinajstić information content (AvgIpc) is 2.37. The van der Waals surface area contributed by atoms with Crippen molar-refractivity contribution in [3.8, 4) is 0 Å². The summed E-state index contributed by atoms with van der Waals surface area (Å²) in [5.41, 5.74) is 5.68. The maximum atomic E-state index is 12.0. The number of carbonyl (C=O) groups is 1. The Balaban J connectivity index is 2.90. The van der Waals surface area contributed by atoms with E-state index in [1.807, 2.05) is 6.92 Å². The Labute approximate surface area is 119 Å². The summed E-state index contributed by atoms with van der Waals surface area (Å²) in [5.74, 6) is -0.353. The van der Waals surface area contributed by atoms with E-state index in [0.717, 1.165) is 12.8 Å². The first-order valence-electron chi connectivity index (χ1n) is 5.93. The molecule has 1 amide bonds. The number of halogens is 1. The van der Waals surface area contributed by atoms with Crippen LogP contribution in [0.1, 0.15) is 30.1 Å². The molecule has 3 N–H and O–H groups in total. The minimum absolute atomic E-state index is 0.115. The molecule has 6 nitrogen and oxygen atoms in total. The zero-order chi connectivity index (χ0) is 14.4. The maximum Gasteiger partial charge on any atom is 0.271 e. The number of non-ortho nitro benzene ring substituents is 1. The van der Waals surface area contributed by atoms with Crippen molar-refractivity contribution in [2.75, 3.05) is 6.54 Å². The number of nitro benzene ring substituents is 1. The van der Waals surface area contributed by atoms with Gasteiger partial charge in [0, 0.05) is 34.8 Å². The Hall–Kier alpha value is -1.47. The van der Waals surface area contributed by atoms with Crippen LogP contribution < -0.4 is 11.1 Å². The van der Waals surface area contributed by atoms with E-state index in [4.69, 9.17) is 5.73 Å². The Bertz CT molecular complexity index is 479. The van der Waals surface area contributed by atoms with Crippen molar-refractivity contribution in [3.63, 3.8) is 0 Å². The summed E-state index contributed by atoms with van der Waals surface area (Å²) >= 11 is 3.15. The Morgan fingerprint density at radius 2 is 2.21 bits per heavy atom. The van der Waals surface area contributed by atoms with Crippen molar-refractivity contribution < 1.29 is 9.72 Å². The second-order valence-electron chi connectivity index (χ2n) is 4.15. The van der Waals surface area contributed by atoms with Gasteiger partial charge in [0.05, 0.1) is 4.92 Å². The molecule has 0 aliphatic rings. The lowest BCUT2D eigenvalue weighted by molar-refractivity contribution is -0.385. The molecule has 0 aliphatic carbocycles. The number of amides is 1. The lowest BCUT2D eigenvalue weighted by Gasteiger charge is -2.15. The molecule has 19 heavy (non-hydrogen) atoms. The number of nitrogens with one attached hydrogen (secondary N) is 1. The average molecular weight is 330 g/mol. The monoisotopic (exact) mass is 329 g/mol. The van der Waals surface area contributed by atoms with E-state index in [0.29, 0.717) is 11.0 Å². The van der Waals surface area contributed by atoms with Gasteiger partial charge in [0.2, 0.25) is 0 Å².